The minimum atomic E-state index is -0.0205. The maximum Gasteiger partial charge on any atom is 0.263 e. The van der Waals surface area contributed by atoms with Crippen molar-refractivity contribution in [1.29, 1.82) is 0 Å². The van der Waals surface area contributed by atoms with Gasteiger partial charge in [0.05, 0.1) is 17.2 Å². The SMILES string of the molecule is Cc1cccc(C(C)NC(=O)c2cnc(C3CC3)s2)c1C. The van der Waals surface area contributed by atoms with Crippen LogP contribution in [0.25, 0.3) is 0 Å². The molecule has 3 rings (SSSR count). The van der Waals surface area contributed by atoms with E-state index in [4.69, 9.17) is 0 Å². The van der Waals surface area contributed by atoms with Gasteiger partial charge in [0, 0.05) is 5.92 Å². The number of rotatable bonds is 4. The smallest absolute Gasteiger partial charge is 0.263 e. The largest absolute Gasteiger partial charge is 0.345 e. The molecule has 1 fully saturated rings. The van der Waals surface area contributed by atoms with Gasteiger partial charge in [-0.15, -0.1) is 11.3 Å². The highest BCUT2D eigenvalue weighted by Crippen LogP contribution is 2.41. The Morgan fingerprint density at radius 2 is 2.14 bits per heavy atom. The first-order valence-corrected chi connectivity index (χ1v) is 8.20. The van der Waals surface area contributed by atoms with E-state index in [1.54, 1.807) is 6.20 Å². The Morgan fingerprint density at radius 1 is 1.38 bits per heavy atom. The zero-order chi connectivity index (χ0) is 15.0. The summed E-state index contributed by atoms with van der Waals surface area (Å²) >= 11 is 1.53. The lowest BCUT2D eigenvalue weighted by Gasteiger charge is -2.17. The molecule has 1 N–H and O–H groups in total. The van der Waals surface area contributed by atoms with Crippen LogP contribution in [0.15, 0.2) is 24.4 Å². The first-order valence-electron chi connectivity index (χ1n) is 7.39. The van der Waals surface area contributed by atoms with E-state index < -0.39 is 0 Å². The molecule has 1 aliphatic carbocycles. The predicted octanol–water partition coefficient (Wildman–Crippen LogP) is 4.13. The second kappa shape index (κ2) is 5.60. The summed E-state index contributed by atoms with van der Waals surface area (Å²) in [6.45, 7) is 6.23. The summed E-state index contributed by atoms with van der Waals surface area (Å²) in [6, 6.07) is 6.22. The number of aromatic nitrogens is 1. The fourth-order valence-electron chi connectivity index (χ4n) is 2.50. The fourth-order valence-corrected chi connectivity index (χ4v) is 3.49. The number of carbonyl (C=O) groups excluding carboxylic acids is 1. The molecular formula is C17H20N2OS. The summed E-state index contributed by atoms with van der Waals surface area (Å²) < 4.78 is 0. The Bertz CT molecular complexity index is 673. The Balaban J connectivity index is 1.72. The van der Waals surface area contributed by atoms with Gasteiger partial charge in [-0.1, -0.05) is 18.2 Å². The Morgan fingerprint density at radius 3 is 2.86 bits per heavy atom. The van der Waals surface area contributed by atoms with Crippen molar-refractivity contribution in [3.63, 3.8) is 0 Å². The molecule has 3 nitrogen and oxygen atoms in total. The highest BCUT2D eigenvalue weighted by atomic mass is 32.1. The summed E-state index contributed by atoms with van der Waals surface area (Å²) in [7, 11) is 0. The molecule has 0 spiro atoms. The molecule has 0 bridgehead atoms. The normalized spacial score (nSPS) is 15.8. The molecule has 1 amide bonds. The molecular weight excluding hydrogens is 280 g/mol. The van der Waals surface area contributed by atoms with E-state index >= 15 is 0 Å². The van der Waals surface area contributed by atoms with Gasteiger partial charge in [-0.25, -0.2) is 4.98 Å². The van der Waals surface area contributed by atoms with Gasteiger partial charge in [0.2, 0.25) is 0 Å². The summed E-state index contributed by atoms with van der Waals surface area (Å²) in [5.74, 6) is 0.584. The second-order valence-corrected chi connectivity index (χ2v) is 6.88. The van der Waals surface area contributed by atoms with E-state index in [-0.39, 0.29) is 11.9 Å². The minimum Gasteiger partial charge on any atom is -0.345 e. The Labute approximate surface area is 129 Å². The van der Waals surface area contributed by atoms with Crippen LogP contribution in [0.2, 0.25) is 0 Å². The summed E-state index contributed by atoms with van der Waals surface area (Å²) in [5.41, 5.74) is 3.67. The van der Waals surface area contributed by atoms with E-state index in [9.17, 15) is 4.79 Å². The topological polar surface area (TPSA) is 42.0 Å². The molecule has 0 saturated heterocycles. The number of amides is 1. The highest BCUT2D eigenvalue weighted by molar-refractivity contribution is 7.13. The van der Waals surface area contributed by atoms with E-state index in [0.717, 1.165) is 5.01 Å². The average molecular weight is 300 g/mol. The van der Waals surface area contributed by atoms with E-state index in [0.29, 0.717) is 10.8 Å². The van der Waals surface area contributed by atoms with Crippen molar-refractivity contribution in [1.82, 2.24) is 10.3 Å². The van der Waals surface area contributed by atoms with E-state index in [1.165, 1.54) is 40.9 Å². The Kier molecular flexibility index (Phi) is 3.81. The molecule has 0 radical (unpaired) electrons. The number of nitrogens with one attached hydrogen (secondary N) is 1. The van der Waals surface area contributed by atoms with Gasteiger partial charge >= 0.3 is 0 Å². The van der Waals surface area contributed by atoms with Crippen molar-refractivity contribution in [3.8, 4) is 0 Å². The van der Waals surface area contributed by atoms with Crippen molar-refractivity contribution in [2.45, 2.75) is 45.6 Å². The molecule has 1 saturated carbocycles. The van der Waals surface area contributed by atoms with Crippen LogP contribution in [-0.4, -0.2) is 10.9 Å². The van der Waals surface area contributed by atoms with Gasteiger partial charge in [0.25, 0.3) is 5.91 Å². The zero-order valence-electron chi connectivity index (χ0n) is 12.6. The van der Waals surface area contributed by atoms with Crippen LogP contribution in [-0.2, 0) is 0 Å². The third-order valence-electron chi connectivity index (χ3n) is 4.13. The molecule has 4 heteroatoms. The van der Waals surface area contributed by atoms with Crippen LogP contribution in [0.5, 0.6) is 0 Å². The van der Waals surface area contributed by atoms with Crippen molar-refractivity contribution < 1.29 is 4.79 Å². The molecule has 110 valence electrons. The zero-order valence-corrected chi connectivity index (χ0v) is 13.5. The number of thiazole rings is 1. The second-order valence-electron chi connectivity index (χ2n) is 5.82. The maximum atomic E-state index is 12.3. The average Bonchev–Trinajstić information content (AvgIpc) is 3.19. The standard InChI is InChI=1S/C17H20N2OS/c1-10-5-4-6-14(11(10)2)12(3)19-16(20)15-9-18-17(21-15)13-7-8-13/h4-6,9,12-13H,7-8H2,1-3H3,(H,19,20). The molecule has 1 aromatic heterocycles. The van der Waals surface area contributed by atoms with Gasteiger partial charge in [-0.05, 0) is 50.3 Å². The van der Waals surface area contributed by atoms with Gasteiger partial charge in [-0.3, -0.25) is 4.79 Å². The number of nitrogens with zero attached hydrogens (tertiary/aromatic N) is 1. The van der Waals surface area contributed by atoms with Gasteiger partial charge in [-0.2, -0.15) is 0 Å². The lowest BCUT2D eigenvalue weighted by molar-refractivity contribution is 0.0943. The van der Waals surface area contributed by atoms with Crippen LogP contribution >= 0.6 is 11.3 Å². The van der Waals surface area contributed by atoms with Crippen molar-refractivity contribution in [2.24, 2.45) is 0 Å². The molecule has 0 aliphatic heterocycles. The van der Waals surface area contributed by atoms with Crippen LogP contribution in [0.4, 0.5) is 0 Å². The molecule has 1 atom stereocenters. The van der Waals surface area contributed by atoms with Crippen LogP contribution in [0, 0.1) is 13.8 Å². The summed E-state index contributed by atoms with van der Waals surface area (Å²) in [5, 5.41) is 4.20. The Hall–Kier alpha value is -1.68. The fraction of sp³-hybridized carbons (Fsp3) is 0.412. The first-order chi connectivity index (χ1) is 10.1. The van der Waals surface area contributed by atoms with E-state index in [2.05, 4.69) is 36.3 Å². The summed E-state index contributed by atoms with van der Waals surface area (Å²) in [4.78, 5) is 17.4. The van der Waals surface area contributed by atoms with Crippen LogP contribution < -0.4 is 5.32 Å². The van der Waals surface area contributed by atoms with E-state index in [1.807, 2.05) is 13.0 Å². The van der Waals surface area contributed by atoms with Crippen molar-refractivity contribution in [2.75, 3.05) is 0 Å². The van der Waals surface area contributed by atoms with Gasteiger partial charge in [0.1, 0.15) is 4.88 Å². The number of aryl methyl sites for hydroxylation is 1. The summed E-state index contributed by atoms with van der Waals surface area (Å²) in [6.07, 6.45) is 4.14. The third kappa shape index (κ3) is 3.00. The number of hydrogen-bond acceptors (Lipinski definition) is 3. The van der Waals surface area contributed by atoms with Crippen molar-refractivity contribution in [3.05, 3.63) is 51.0 Å². The molecule has 1 aromatic carbocycles. The molecule has 21 heavy (non-hydrogen) atoms. The van der Waals surface area contributed by atoms with Crippen LogP contribution in [0.3, 0.4) is 0 Å². The minimum absolute atomic E-state index is 0.00359. The lowest BCUT2D eigenvalue weighted by Crippen LogP contribution is -2.26. The molecule has 1 aliphatic rings. The number of carbonyl (C=O) groups is 1. The van der Waals surface area contributed by atoms with Crippen molar-refractivity contribution >= 4 is 17.2 Å². The quantitative estimate of drug-likeness (QED) is 0.922. The van der Waals surface area contributed by atoms with Crippen LogP contribution in [0.1, 0.15) is 63.1 Å². The number of hydrogen-bond donors (Lipinski definition) is 1. The number of benzene rings is 1. The van der Waals surface area contributed by atoms with Gasteiger partial charge in [0.15, 0.2) is 0 Å². The molecule has 2 aromatic rings. The maximum absolute atomic E-state index is 12.3. The molecule has 1 unspecified atom stereocenters. The highest BCUT2D eigenvalue weighted by Gasteiger charge is 2.27. The third-order valence-corrected chi connectivity index (χ3v) is 5.29. The first kappa shape index (κ1) is 14.3. The molecule has 1 heterocycles. The van der Waals surface area contributed by atoms with Gasteiger partial charge < -0.3 is 5.32 Å². The monoisotopic (exact) mass is 300 g/mol. The lowest BCUT2D eigenvalue weighted by atomic mass is 9.98. The predicted molar refractivity (Wildman–Crippen MR) is 85.9 cm³/mol.